The van der Waals surface area contributed by atoms with Gasteiger partial charge in [-0.3, -0.25) is 0 Å². The number of hydrogen-bond donors (Lipinski definition) is 1. The zero-order valence-electron chi connectivity index (χ0n) is 13.3. The van der Waals surface area contributed by atoms with E-state index in [-0.39, 0.29) is 0 Å². The molecule has 1 N–H and O–H groups in total. The van der Waals surface area contributed by atoms with Gasteiger partial charge in [0.15, 0.2) is 5.16 Å². The minimum absolute atomic E-state index is 0.680. The van der Waals surface area contributed by atoms with Gasteiger partial charge in [0.25, 0.3) is 0 Å². The third-order valence-electron chi connectivity index (χ3n) is 4.46. The maximum Gasteiger partial charge on any atom is 0.191 e. The summed E-state index contributed by atoms with van der Waals surface area (Å²) < 4.78 is 2.46. The molecule has 2 aliphatic rings. The Morgan fingerprint density at radius 3 is 2.67 bits per heavy atom. The van der Waals surface area contributed by atoms with Crippen molar-refractivity contribution in [2.75, 3.05) is 12.3 Å². The third-order valence-corrected chi connectivity index (χ3v) is 5.49. The van der Waals surface area contributed by atoms with Crippen LogP contribution in [0.3, 0.4) is 0 Å². The van der Waals surface area contributed by atoms with Crippen LogP contribution in [0.25, 0.3) is 0 Å². The normalized spacial score (nSPS) is 19.9. The number of thioether (sulfide) groups is 1. The Hall–Kier alpha value is -0.550. The van der Waals surface area contributed by atoms with Gasteiger partial charge in [0.1, 0.15) is 5.82 Å². The Morgan fingerprint density at radius 2 is 2.05 bits per heavy atom. The molecule has 0 aromatic carbocycles. The molecular formula is C16H28N4S. The highest BCUT2D eigenvalue weighted by atomic mass is 32.2. The lowest BCUT2D eigenvalue weighted by Gasteiger charge is -2.15. The first-order valence-corrected chi connectivity index (χ1v) is 9.63. The lowest BCUT2D eigenvalue weighted by molar-refractivity contribution is 0.477. The van der Waals surface area contributed by atoms with Crippen molar-refractivity contribution in [3.63, 3.8) is 0 Å². The van der Waals surface area contributed by atoms with E-state index in [0.29, 0.717) is 18.0 Å². The summed E-state index contributed by atoms with van der Waals surface area (Å²) in [6, 6.07) is 1.39. The first-order chi connectivity index (χ1) is 10.3. The number of nitrogens with one attached hydrogen (secondary N) is 1. The van der Waals surface area contributed by atoms with Crippen molar-refractivity contribution in [3.05, 3.63) is 5.82 Å². The monoisotopic (exact) mass is 308 g/mol. The van der Waals surface area contributed by atoms with Gasteiger partial charge in [-0.2, -0.15) is 0 Å². The largest absolute Gasteiger partial charge is 0.314 e. The fraction of sp³-hybridized carbons (Fsp3) is 0.875. The fourth-order valence-electron chi connectivity index (χ4n) is 2.92. The zero-order valence-corrected chi connectivity index (χ0v) is 14.2. The van der Waals surface area contributed by atoms with Crippen molar-refractivity contribution in [1.29, 1.82) is 0 Å². The van der Waals surface area contributed by atoms with Gasteiger partial charge in [-0.05, 0) is 51.5 Å². The fourth-order valence-corrected chi connectivity index (χ4v) is 3.89. The predicted molar refractivity (Wildman–Crippen MR) is 88.0 cm³/mol. The van der Waals surface area contributed by atoms with Gasteiger partial charge >= 0.3 is 0 Å². The van der Waals surface area contributed by atoms with E-state index in [2.05, 4.69) is 33.9 Å². The molecule has 1 aromatic rings. The second kappa shape index (κ2) is 7.14. The summed E-state index contributed by atoms with van der Waals surface area (Å²) in [5.41, 5.74) is 0. The Morgan fingerprint density at radius 1 is 1.24 bits per heavy atom. The van der Waals surface area contributed by atoms with Crippen molar-refractivity contribution in [2.45, 2.75) is 82.0 Å². The number of nitrogens with zero attached hydrogens (tertiary/aromatic N) is 3. The maximum atomic E-state index is 4.48. The minimum Gasteiger partial charge on any atom is -0.314 e. The van der Waals surface area contributed by atoms with Crippen LogP contribution in [0.2, 0.25) is 0 Å². The number of aromatic nitrogens is 3. The van der Waals surface area contributed by atoms with E-state index in [4.69, 9.17) is 0 Å². The summed E-state index contributed by atoms with van der Waals surface area (Å²) in [6.45, 7) is 5.54. The lowest BCUT2D eigenvalue weighted by atomic mass is 10.1. The second-order valence-corrected chi connectivity index (χ2v) is 7.43. The first kappa shape index (κ1) is 15.3. The van der Waals surface area contributed by atoms with Gasteiger partial charge in [-0.15, -0.1) is 10.2 Å². The molecule has 4 nitrogen and oxygen atoms in total. The average molecular weight is 308 g/mol. The Labute approximate surface area is 132 Å². The Balaban J connectivity index is 1.49. The molecular weight excluding hydrogens is 280 g/mol. The SMILES string of the molecule is CCNC(CC)CCCSc1nnc(C2CC2)n1C1CC1. The number of hydrogen-bond acceptors (Lipinski definition) is 4. The topological polar surface area (TPSA) is 42.7 Å². The summed E-state index contributed by atoms with van der Waals surface area (Å²) in [7, 11) is 0. The summed E-state index contributed by atoms with van der Waals surface area (Å²) in [6.07, 6.45) is 9.03. The lowest BCUT2D eigenvalue weighted by Crippen LogP contribution is -2.28. The Kier molecular flexibility index (Phi) is 5.22. The molecule has 2 fully saturated rings. The standard InChI is InChI=1S/C16H28N4S/c1-3-13(17-4-2)6-5-11-21-16-19-18-15(12-7-8-12)20(16)14-9-10-14/h12-14,17H,3-11H2,1-2H3. The van der Waals surface area contributed by atoms with Crippen LogP contribution in [0.1, 0.15) is 76.6 Å². The van der Waals surface area contributed by atoms with E-state index in [1.54, 1.807) is 0 Å². The van der Waals surface area contributed by atoms with Crippen LogP contribution in [-0.4, -0.2) is 33.1 Å². The van der Waals surface area contributed by atoms with Gasteiger partial charge in [0.05, 0.1) is 0 Å². The first-order valence-electron chi connectivity index (χ1n) is 8.64. The molecule has 0 aliphatic heterocycles. The molecule has 0 saturated heterocycles. The van der Waals surface area contributed by atoms with Crippen molar-refractivity contribution < 1.29 is 0 Å². The highest BCUT2D eigenvalue weighted by molar-refractivity contribution is 7.99. The van der Waals surface area contributed by atoms with Crippen LogP contribution in [0.5, 0.6) is 0 Å². The van der Waals surface area contributed by atoms with Crippen LogP contribution in [0.4, 0.5) is 0 Å². The van der Waals surface area contributed by atoms with E-state index < -0.39 is 0 Å². The van der Waals surface area contributed by atoms with E-state index in [1.807, 2.05) is 11.8 Å². The van der Waals surface area contributed by atoms with Gasteiger partial charge in [0, 0.05) is 23.8 Å². The molecule has 2 saturated carbocycles. The second-order valence-electron chi connectivity index (χ2n) is 6.37. The Bertz CT molecular complexity index is 451. The smallest absolute Gasteiger partial charge is 0.191 e. The van der Waals surface area contributed by atoms with Crippen LogP contribution in [0.15, 0.2) is 5.16 Å². The molecule has 0 spiro atoms. The van der Waals surface area contributed by atoms with Gasteiger partial charge in [-0.25, -0.2) is 0 Å². The average Bonchev–Trinajstić information content (AvgIpc) is 3.41. The molecule has 0 amide bonds. The molecule has 5 heteroatoms. The van der Waals surface area contributed by atoms with Crippen molar-refractivity contribution in [3.8, 4) is 0 Å². The third kappa shape index (κ3) is 4.01. The molecule has 1 heterocycles. The molecule has 1 unspecified atom stereocenters. The van der Waals surface area contributed by atoms with Crippen molar-refractivity contribution >= 4 is 11.8 Å². The van der Waals surface area contributed by atoms with Crippen LogP contribution >= 0.6 is 11.8 Å². The minimum atomic E-state index is 0.680. The maximum absolute atomic E-state index is 4.48. The van der Waals surface area contributed by atoms with Gasteiger partial charge < -0.3 is 9.88 Å². The molecule has 0 bridgehead atoms. The zero-order chi connectivity index (χ0) is 14.7. The molecule has 3 rings (SSSR count). The van der Waals surface area contributed by atoms with Crippen molar-refractivity contribution in [2.24, 2.45) is 0 Å². The van der Waals surface area contributed by atoms with Crippen LogP contribution < -0.4 is 5.32 Å². The van der Waals surface area contributed by atoms with Gasteiger partial charge in [-0.1, -0.05) is 25.6 Å². The highest BCUT2D eigenvalue weighted by Gasteiger charge is 2.36. The highest BCUT2D eigenvalue weighted by Crippen LogP contribution is 2.46. The molecule has 0 radical (unpaired) electrons. The van der Waals surface area contributed by atoms with Crippen molar-refractivity contribution in [1.82, 2.24) is 20.1 Å². The molecule has 21 heavy (non-hydrogen) atoms. The van der Waals surface area contributed by atoms with E-state index in [0.717, 1.165) is 12.3 Å². The molecule has 118 valence electrons. The van der Waals surface area contributed by atoms with E-state index in [1.165, 1.54) is 55.9 Å². The van der Waals surface area contributed by atoms with Crippen LogP contribution in [0, 0.1) is 0 Å². The molecule has 1 aromatic heterocycles. The van der Waals surface area contributed by atoms with Gasteiger partial charge in [0.2, 0.25) is 0 Å². The molecule has 2 aliphatic carbocycles. The number of rotatable bonds is 10. The summed E-state index contributed by atoms with van der Waals surface area (Å²) in [4.78, 5) is 0. The quantitative estimate of drug-likeness (QED) is 0.528. The predicted octanol–water partition coefficient (Wildman–Crippen LogP) is 3.75. The van der Waals surface area contributed by atoms with Crippen LogP contribution in [-0.2, 0) is 0 Å². The summed E-state index contributed by atoms with van der Waals surface area (Å²) in [5, 5.41) is 13.7. The summed E-state index contributed by atoms with van der Waals surface area (Å²) in [5.74, 6) is 3.15. The molecule has 1 atom stereocenters. The van der Waals surface area contributed by atoms with E-state index >= 15 is 0 Å². The summed E-state index contributed by atoms with van der Waals surface area (Å²) >= 11 is 1.91. The van der Waals surface area contributed by atoms with E-state index in [9.17, 15) is 0 Å².